The van der Waals surface area contributed by atoms with Gasteiger partial charge in [0.1, 0.15) is 41.1 Å². The minimum Gasteiger partial charge on any atom is -0.406 e. The predicted molar refractivity (Wildman–Crippen MR) is 200 cm³/mol. The number of sulfonamides is 1. The highest BCUT2D eigenvalue weighted by Gasteiger charge is 2.75. The summed E-state index contributed by atoms with van der Waals surface area (Å²) in [6.45, 7) is -1.15. The molecule has 2 radical (unpaired) electrons. The highest BCUT2D eigenvalue weighted by molar-refractivity contribution is 7.92. The largest absolute Gasteiger partial charge is 0.573 e. The van der Waals surface area contributed by atoms with E-state index in [0.29, 0.717) is 10.7 Å². The second kappa shape index (κ2) is 14.1. The van der Waals surface area contributed by atoms with Crippen LogP contribution in [-0.2, 0) is 40.8 Å². The Morgan fingerprint density at radius 3 is 2.41 bits per heavy atom. The molecule has 3 aromatic heterocycles. The fourth-order valence-corrected chi connectivity index (χ4v) is 8.57. The summed E-state index contributed by atoms with van der Waals surface area (Å²) in [6.07, 6.45) is -8.65. The maximum absolute atomic E-state index is 15.7. The molecule has 1 unspecified atom stereocenters. The highest BCUT2D eigenvalue weighted by atomic mass is 35.5. The van der Waals surface area contributed by atoms with Crippen molar-refractivity contribution in [1.82, 2.24) is 34.4 Å². The Kier molecular flexibility index (Phi) is 9.72. The van der Waals surface area contributed by atoms with Gasteiger partial charge in [-0.15, -0.1) is 13.2 Å². The molecule has 3 heterocycles. The van der Waals surface area contributed by atoms with Crippen LogP contribution in [0, 0.1) is 11.6 Å². The zero-order chi connectivity index (χ0) is 44.3. The smallest absolute Gasteiger partial charge is 0.406 e. The second-order valence-corrected chi connectivity index (χ2v) is 16.7. The van der Waals surface area contributed by atoms with Gasteiger partial charge < -0.3 is 10.1 Å². The lowest BCUT2D eigenvalue weighted by atomic mass is 9.77. The Morgan fingerprint density at radius 1 is 1.08 bits per heavy atom. The van der Waals surface area contributed by atoms with Gasteiger partial charge in [0.05, 0.1) is 52.7 Å². The minimum absolute atomic E-state index is 0.0872. The molecule has 1 fully saturated rings. The van der Waals surface area contributed by atoms with Crippen LogP contribution in [0.2, 0.25) is 10.3 Å². The fourth-order valence-electron chi connectivity index (χ4n) is 7.83. The van der Waals surface area contributed by atoms with Crippen LogP contribution in [0.5, 0.6) is 5.75 Å². The zero-order valence-electron chi connectivity index (χ0n) is 31.0. The van der Waals surface area contributed by atoms with Gasteiger partial charge in [-0.25, -0.2) is 31.0 Å². The number of benzene rings is 3. The van der Waals surface area contributed by atoms with Crippen LogP contribution in [0.15, 0.2) is 53.3 Å². The second-order valence-electron chi connectivity index (χ2n) is 14.6. The van der Waals surface area contributed by atoms with Gasteiger partial charge in [0, 0.05) is 30.4 Å². The van der Waals surface area contributed by atoms with E-state index >= 15 is 8.78 Å². The third-order valence-corrected chi connectivity index (χ3v) is 11.2. The number of aromatic nitrogens is 6. The number of fused-ring (bicyclic) bond motifs is 5. The van der Waals surface area contributed by atoms with Gasteiger partial charge >= 0.3 is 6.36 Å². The number of carbonyl (C=O) groups is 1. The van der Waals surface area contributed by atoms with Gasteiger partial charge in [-0.1, -0.05) is 11.6 Å². The molecule has 25 heteroatoms. The molecular weight excluding hydrogens is 874 g/mol. The first-order chi connectivity index (χ1) is 28.4. The average Bonchev–Trinajstić information content (AvgIpc) is 3.43. The maximum Gasteiger partial charge on any atom is 0.573 e. The molecule has 2 aliphatic rings. The van der Waals surface area contributed by atoms with Crippen LogP contribution in [0.4, 0.5) is 45.3 Å². The lowest BCUT2D eigenvalue weighted by molar-refractivity contribution is -0.274. The molecule has 13 nitrogen and oxygen atoms in total. The van der Waals surface area contributed by atoms with Crippen LogP contribution >= 0.6 is 11.6 Å². The Labute approximate surface area is 342 Å². The van der Waals surface area contributed by atoms with Crippen LogP contribution in [0.3, 0.4) is 0 Å². The Bertz CT molecular complexity index is 3000. The van der Waals surface area contributed by atoms with Crippen molar-refractivity contribution in [2.75, 3.05) is 11.0 Å². The number of nitrogens with zero attached hydrogens (tertiary/aromatic N) is 6. The Morgan fingerprint density at radius 2 is 1.77 bits per heavy atom. The number of halogens is 10. The van der Waals surface area contributed by atoms with Gasteiger partial charge in [0.2, 0.25) is 15.9 Å². The SMILES string of the molecule is [B][C@@]12CC1c1c(C(F)F)nn(CC(=O)N[C@@H](Cc3cc(F)cc(F)c3)c3nc4ccc(OC(F)(F)F)cc4c(=O)n3-c3ccc(Cl)c4c(NS(C)(=O)=O)nn(C)c34)c1C2(F)F. The number of hydrogen-bond donors (Lipinski definition) is 2. The average molecular weight is 899 g/mol. The number of aryl methyl sites for hydroxylation is 1. The number of carbonyl (C=O) groups excluding carboxylic acids is 1. The molecular formula is C36H25BClF9N8O5S. The number of anilines is 1. The highest BCUT2D eigenvalue weighted by Crippen LogP contribution is 2.80. The molecule has 8 rings (SSSR count). The molecule has 3 aromatic carbocycles. The molecule has 6 aromatic rings. The molecule has 0 saturated heterocycles. The summed E-state index contributed by atoms with van der Waals surface area (Å²) in [5.74, 6) is -10.1. The van der Waals surface area contributed by atoms with E-state index < -0.39 is 116 Å². The Balaban J connectivity index is 1.34. The van der Waals surface area contributed by atoms with Crippen LogP contribution < -0.4 is 20.3 Å². The first kappa shape index (κ1) is 41.9. The molecule has 2 N–H and O–H groups in total. The maximum atomic E-state index is 15.7. The monoisotopic (exact) mass is 898 g/mol. The van der Waals surface area contributed by atoms with E-state index in [9.17, 15) is 48.7 Å². The summed E-state index contributed by atoms with van der Waals surface area (Å²) in [5.41, 5.74) is -4.43. The predicted octanol–water partition coefficient (Wildman–Crippen LogP) is 6.63. The van der Waals surface area contributed by atoms with Gasteiger partial charge in [-0.05, 0) is 60.4 Å². The number of rotatable bonds is 11. The van der Waals surface area contributed by atoms with E-state index in [-0.39, 0.29) is 44.9 Å². The summed E-state index contributed by atoms with van der Waals surface area (Å²) in [5, 5.41) is 7.38. The summed E-state index contributed by atoms with van der Waals surface area (Å²) in [4.78, 5) is 33.2. The van der Waals surface area contributed by atoms with Crippen molar-refractivity contribution in [3.63, 3.8) is 0 Å². The molecule has 0 bridgehead atoms. The fraction of sp³-hybridized carbons (Fsp3) is 0.306. The van der Waals surface area contributed by atoms with E-state index in [2.05, 4.69) is 30.0 Å². The lowest BCUT2D eigenvalue weighted by Gasteiger charge is -2.25. The van der Waals surface area contributed by atoms with Crippen LogP contribution in [-0.4, -0.2) is 63.9 Å². The minimum atomic E-state index is -5.20. The summed E-state index contributed by atoms with van der Waals surface area (Å²) >= 11 is 6.51. The molecule has 1 amide bonds. The normalized spacial score (nSPS) is 18.7. The quantitative estimate of drug-likeness (QED) is 0.109. The first-order valence-corrected chi connectivity index (χ1v) is 19.9. The number of alkyl halides is 7. The summed E-state index contributed by atoms with van der Waals surface area (Å²) < 4.78 is 162. The summed E-state index contributed by atoms with van der Waals surface area (Å²) in [6, 6.07) is 5.49. The van der Waals surface area contributed by atoms with Crippen molar-refractivity contribution in [2.24, 2.45) is 7.05 Å². The van der Waals surface area contributed by atoms with Crippen molar-refractivity contribution in [3.05, 3.63) is 104 Å². The zero-order valence-corrected chi connectivity index (χ0v) is 32.5. The number of amides is 1. The lowest BCUT2D eigenvalue weighted by Crippen LogP contribution is -2.38. The molecule has 61 heavy (non-hydrogen) atoms. The van der Waals surface area contributed by atoms with Gasteiger partial charge in [0.25, 0.3) is 17.9 Å². The number of ether oxygens (including phenoxy) is 1. The van der Waals surface area contributed by atoms with Crippen LogP contribution in [0.25, 0.3) is 27.5 Å². The molecule has 3 atom stereocenters. The van der Waals surface area contributed by atoms with Crippen molar-refractivity contribution in [1.29, 1.82) is 0 Å². The van der Waals surface area contributed by atoms with E-state index in [1.807, 2.05) is 0 Å². The van der Waals surface area contributed by atoms with E-state index in [4.69, 9.17) is 19.4 Å². The molecule has 0 spiro atoms. The van der Waals surface area contributed by atoms with Crippen molar-refractivity contribution in [2.45, 2.75) is 55.4 Å². The first-order valence-electron chi connectivity index (χ1n) is 17.6. The topological polar surface area (TPSA) is 155 Å². The van der Waals surface area contributed by atoms with Gasteiger partial charge in [-0.3, -0.25) is 28.2 Å². The van der Waals surface area contributed by atoms with Gasteiger partial charge in [-0.2, -0.15) is 19.0 Å². The van der Waals surface area contributed by atoms with E-state index in [0.717, 1.165) is 45.8 Å². The van der Waals surface area contributed by atoms with E-state index in [1.54, 1.807) is 0 Å². The molecule has 318 valence electrons. The number of nitrogens with one attached hydrogen (secondary N) is 2. The van der Waals surface area contributed by atoms with Crippen molar-refractivity contribution < 1.29 is 57.5 Å². The van der Waals surface area contributed by atoms with Crippen molar-refractivity contribution in [3.8, 4) is 11.4 Å². The third-order valence-electron chi connectivity index (χ3n) is 10.3. The van der Waals surface area contributed by atoms with Crippen LogP contribution in [0.1, 0.15) is 53.1 Å². The van der Waals surface area contributed by atoms with Crippen molar-refractivity contribution >= 4 is 63.0 Å². The number of hydrogen-bond acceptors (Lipinski definition) is 8. The Hall–Kier alpha value is -5.78. The molecule has 0 aliphatic heterocycles. The standard InChI is InChI=1S/C36H25BClF9N8O5S/c1-53-28-23(6-4-20(38)26(28)31(51-53)52-61(2,58)59)55-32(49-21-5-3-17(60-36(45,46)47)11-18(21)33(55)57)22(9-14-7-15(39)10-16(40)8-14)48-24(56)13-54-29-25(27(50-54)30(41)42)19-12-34(19,37)35(29,43)44/h3-8,10-11,19,22,30H,9,12-13H2,1-2H3,(H,48,56)(H,51,52)/t19?,22-,34-/m0/s1. The molecule has 2 aliphatic carbocycles. The van der Waals surface area contributed by atoms with E-state index in [1.165, 1.54) is 19.2 Å². The third kappa shape index (κ3) is 7.31. The molecule has 1 saturated carbocycles. The summed E-state index contributed by atoms with van der Waals surface area (Å²) in [7, 11) is 3.18. The van der Waals surface area contributed by atoms with Gasteiger partial charge in [0.15, 0.2) is 5.82 Å².